The summed E-state index contributed by atoms with van der Waals surface area (Å²) in [6.07, 6.45) is 5.76. The zero-order chi connectivity index (χ0) is 19.9. The molecule has 2 aliphatic heterocycles. The van der Waals surface area contributed by atoms with Crippen molar-refractivity contribution in [3.05, 3.63) is 23.9 Å². The first-order valence-electron chi connectivity index (χ1n) is 11.0. The molecule has 2 aliphatic rings. The van der Waals surface area contributed by atoms with Crippen molar-refractivity contribution in [3.8, 4) is 0 Å². The first-order chi connectivity index (χ1) is 13.7. The summed E-state index contributed by atoms with van der Waals surface area (Å²) in [5, 5.41) is 3.61. The summed E-state index contributed by atoms with van der Waals surface area (Å²) < 4.78 is 0. The number of guanidine groups is 1. The van der Waals surface area contributed by atoms with Gasteiger partial charge in [0.2, 0.25) is 0 Å². The van der Waals surface area contributed by atoms with Crippen LogP contribution in [0.3, 0.4) is 0 Å². The Kier molecular flexibility index (Phi) is 9.95. The van der Waals surface area contributed by atoms with Gasteiger partial charge in [0.1, 0.15) is 5.82 Å². The van der Waals surface area contributed by atoms with Gasteiger partial charge < -0.3 is 20.0 Å². The smallest absolute Gasteiger partial charge is 0.193 e. The van der Waals surface area contributed by atoms with Crippen molar-refractivity contribution >= 4 is 35.8 Å². The minimum atomic E-state index is 0. The predicted molar refractivity (Wildman–Crippen MR) is 133 cm³/mol. The van der Waals surface area contributed by atoms with Crippen LogP contribution >= 0.6 is 24.0 Å². The number of nitrogens with zero attached hydrogens (tertiary/aromatic N) is 5. The number of likely N-dealkylation sites (N-methyl/N-ethyl adjacent to an activating group) is 1. The fraction of sp³-hybridized carbons (Fsp3) is 0.727. The number of likely N-dealkylation sites (tertiary alicyclic amines) is 1. The van der Waals surface area contributed by atoms with Crippen molar-refractivity contribution in [2.75, 3.05) is 58.3 Å². The normalized spacial score (nSPS) is 20.9. The Hall–Kier alpha value is -1.09. The zero-order valence-corrected chi connectivity index (χ0v) is 20.9. The molecule has 164 valence electrons. The van der Waals surface area contributed by atoms with Crippen LogP contribution in [0.2, 0.25) is 0 Å². The number of anilines is 1. The molecule has 0 amide bonds. The molecule has 7 heteroatoms. The largest absolute Gasteiger partial charge is 0.354 e. The summed E-state index contributed by atoms with van der Waals surface area (Å²) in [6, 6.07) is 4.23. The summed E-state index contributed by atoms with van der Waals surface area (Å²) >= 11 is 0. The summed E-state index contributed by atoms with van der Waals surface area (Å²) in [6.45, 7) is 11.9. The third-order valence-electron chi connectivity index (χ3n) is 6.56. The van der Waals surface area contributed by atoms with Gasteiger partial charge in [-0.1, -0.05) is 32.8 Å². The summed E-state index contributed by atoms with van der Waals surface area (Å²) in [5.41, 5.74) is 1.25. The zero-order valence-electron chi connectivity index (χ0n) is 18.6. The highest BCUT2D eigenvalue weighted by Crippen LogP contribution is 2.28. The van der Waals surface area contributed by atoms with Gasteiger partial charge in [-0.15, -0.1) is 24.0 Å². The van der Waals surface area contributed by atoms with Gasteiger partial charge in [-0.25, -0.2) is 4.98 Å². The van der Waals surface area contributed by atoms with Crippen molar-refractivity contribution in [2.24, 2.45) is 16.8 Å². The molecule has 0 bridgehead atoms. The summed E-state index contributed by atoms with van der Waals surface area (Å²) in [7, 11) is 4.09. The average molecular weight is 515 g/mol. The number of hydrogen-bond donors (Lipinski definition) is 1. The Balaban J connectivity index is 0.00000300. The summed E-state index contributed by atoms with van der Waals surface area (Å²) in [5.74, 6) is 3.79. The minimum Gasteiger partial charge on any atom is -0.354 e. The lowest BCUT2D eigenvalue weighted by Crippen LogP contribution is -2.45. The Morgan fingerprint density at radius 3 is 2.59 bits per heavy atom. The van der Waals surface area contributed by atoms with E-state index in [0.717, 1.165) is 69.4 Å². The van der Waals surface area contributed by atoms with Gasteiger partial charge in [-0.05, 0) is 31.4 Å². The van der Waals surface area contributed by atoms with Crippen molar-refractivity contribution in [2.45, 2.75) is 39.7 Å². The second-order valence-electron chi connectivity index (χ2n) is 8.25. The van der Waals surface area contributed by atoms with Crippen LogP contribution in [-0.2, 0) is 6.54 Å². The molecule has 1 aromatic heterocycles. The van der Waals surface area contributed by atoms with E-state index in [0.29, 0.717) is 0 Å². The Bertz CT molecular complexity index is 640. The molecule has 1 unspecified atom stereocenters. The van der Waals surface area contributed by atoms with Gasteiger partial charge in [0.15, 0.2) is 5.96 Å². The van der Waals surface area contributed by atoms with Crippen molar-refractivity contribution in [1.82, 2.24) is 20.1 Å². The highest BCUT2D eigenvalue weighted by Gasteiger charge is 2.29. The molecular weight excluding hydrogens is 475 g/mol. The highest BCUT2D eigenvalue weighted by atomic mass is 127. The second kappa shape index (κ2) is 11.9. The molecule has 1 aromatic rings. The van der Waals surface area contributed by atoms with Gasteiger partial charge in [-0.3, -0.25) is 4.99 Å². The van der Waals surface area contributed by atoms with Gasteiger partial charge in [0, 0.05) is 64.6 Å². The lowest BCUT2D eigenvalue weighted by molar-refractivity contribution is 0.311. The van der Waals surface area contributed by atoms with Gasteiger partial charge in [0.05, 0.1) is 0 Å². The molecular formula is C22H39IN6. The van der Waals surface area contributed by atoms with Crippen molar-refractivity contribution < 1.29 is 0 Å². The third kappa shape index (κ3) is 6.20. The van der Waals surface area contributed by atoms with Crippen LogP contribution in [0.5, 0.6) is 0 Å². The highest BCUT2D eigenvalue weighted by molar-refractivity contribution is 14.0. The van der Waals surface area contributed by atoms with Crippen LogP contribution in [0.15, 0.2) is 23.3 Å². The number of halogens is 1. The monoisotopic (exact) mass is 514 g/mol. The molecule has 2 saturated heterocycles. The van der Waals surface area contributed by atoms with E-state index in [1.807, 2.05) is 19.3 Å². The molecule has 0 radical (unpaired) electrons. The van der Waals surface area contributed by atoms with E-state index < -0.39 is 0 Å². The molecule has 2 fully saturated rings. The van der Waals surface area contributed by atoms with E-state index in [1.54, 1.807) is 0 Å². The molecule has 3 rings (SSSR count). The minimum absolute atomic E-state index is 0. The topological polar surface area (TPSA) is 47.0 Å². The predicted octanol–water partition coefficient (Wildman–Crippen LogP) is 3.28. The van der Waals surface area contributed by atoms with E-state index in [9.17, 15) is 0 Å². The SMILES string of the molecule is CCC(CC)C1CCN(C(=NC)NCc2cccnc2N2CCN(C)CC2)C1.I. The first kappa shape index (κ1) is 24.2. The van der Waals surface area contributed by atoms with Crippen LogP contribution in [0, 0.1) is 11.8 Å². The summed E-state index contributed by atoms with van der Waals surface area (Å²) in [4.78, 5) is 16.5. The van der Waals surface area contributed by atoms with Crippen LogP contribution in [-0.4, -0.2) is 74.1 Å². The van der Waals surface area contributed by atoms with Crippen LogP contribution in [0.1, 0.15) is 38.7 Å². The molecule has 1 atom stereocenters. The lowest BCUT2D eigenvalue weighted by Gasteiger charge is -2.34. The molecule has 0 aromatic carbocycles. The fourth-order valence-electron chi connectivity index (χ4n) is 4.70. The Labute approximate surface area is 194 Å². The molecule has 0 saturated carbocycles. The fourth-order valence-corrected chi connectivity index (χ4v) is 4.70. The van der Waals surface area contributed by atoms with Gasteiger partial charge in [-0.2, -0.15) is 0 Å². The molecule has 0 spiro atoms. The van der Waals surface area contributed by atoms with E-state index in [2.05, 4.69) is 52.0 Å². The van der Waals surface area contributed by atoms with Gasteiger partial charge >= 0.3 is 0 Å². The van der Waals surface area contributed by atoms with E-state index in [1.165, 1.54) is 24.8 Å². The maximum absolute atomic E-state index is 4.70. The number of nitrogens with one attached hydrogen (secondary N) is 1. The number of rotatable bonds is 6. The van der Waals surface area contributed by atoms with Crippen molar-refractivity contribution in [3.63, 3.8) is 0 Å². The number of pyridine rings is 1. The Morgan fingerprint density at radius 1 is 1.21 bits per heavy atom. The number of aliphatic imine (C=N–C) groups is 1. The van der Waals surface area contributed by atoms with Gasteiger partial charge in [0.25, 0.3) is 0 Å². The van der Waals surface area contributed by atoms with Crippen LogP contribution < -0.4 is 10.2 Å². The molecule has 3 heterocycles. The van der Waals surface area contributed by atoms with Crippen LogP contribution in [0.4, 0.5) is 5.82 Å². The number of aromatic nitrogens is 1. The second-order valence-corrected chi connectivity index (χ2v) is 8.25. The quantitative estimate of drug-likeness (QED) is 0.359. The first-order valence-corrected chi connectivity index (χ1v) is 11.0. The third-order valence-corrected chi connectivity index (χ3v) is 6.56. The number of piperazine rings is 1. The molecule has 6 nitrogen and oxygen atoms in total. The maximum atomic E-state index is 4.70. The lowest BCUT2D eigenvalue weighted by atomic mass is 9.87. The van der Waals surface area contributed by atoms with E-state index in [-0.39, 0.29) is 24.0 Å². The standard InChI is InChI=1S/C22H38N6.HI/c1-5-18(6-2)20-9-11-28(17-20)22(23-3)25-16-19-8-7-10-24-21(19)27-14-12-26(4)13-15-27;/h7-8,10,18,20H,5-6,9,11-17H2,1-4H3,(H,23,25);1H. The van der Waals surface area contributed by atoms with E-state index >= 15 is 0 Å². The van der Waals surface area contributed by atoms with E-state index in [4.69, 9.17) is 4.98 Å². The number of hydrogen-bond acceptors (Lipinski definition) is 4. The Morgan fingerprint density at radius 2 is 1.93 bits per heavy atom. The van der Waals surface area contributed by atoms with Crippen LogP contribution in [0.25, 0.3) is 0 Å². The van der Waals surface area contributed by atoms with Crippen molar-refractivity contribution in [1.29, 1.82) is 0 Å². The maximum Gasteiger partial charge on any atom is 0.193 e. The molecule has 0 aliphatic carbocycles. The molecule has 29 heavy (non-hydrogen) atoms. The molecule has 1 N–H and O–H groups in total. The average Bonchev–Trinajstić information content (AvgIpc) is 3.20.